The molecule has 2 aliphatic rings. The van der Waals surface area contributed by atoms with Crippen molar-refractivity contribution >= 4 is 6.21 Å². The summed E-state index contributed by atoms with van der Waals surface area (Å²) in [6.45, 7) is 8.00. The molecule has 1 N–H and O–H groups in total. The summed E-state index contributed by atoms with van der Waals surface area (Å²) in [5.41, 5.74) is 1.80. The summed E-state index contributed by atoms with van der Waals surface area (Å²) in [5.74, 6) is 0.440. The molecule has 0 saturated carbocycles. The second-order valence-electron chi connectivity index (χ2n) is 2.60. The van der Waals surface area contributed by atoms with Crippen molar-refractivity contribution < 1.29 is 5.11 Å². The van der Waals surface area contributed by atoms with Gasteiger partial charge in [-0.1, -0.05) is 45.9 Å². The van der Waals surface area contributed by atoms with Crippen LogP contribution in [0.25, 0.3) is 0 Å². The van der Waals surface area contributed by atoms with E-state index in [-0.39, 0.29) is 0 Å². The van der Waals surface area contributed by atoms with Crippen LogP contribution in [0.3, 0.4) is 0 Å². The Balaban J connectivity index is 0.000000442. The molecule has 0 unspecified atom stereocenters. The molecule has 0 atom stereocenters. The van der Waals surface area contributed by atoms with E-state index < -0.39 is 0 Å². The highest BCUT2D eigenvalue weighted by molar-refractivity contribution is 5.68. The summed E-state index contributed by atoms with van der Waals surface area (Å²) in [5, 5.41) is 9.35. The molecule has 0 radical (unpaired) electrons. The van der Waals surface area contributed by atoms with Crippen molar-refractivity contribution in [1.29, 1.82) is 0 Å². The highest BCUT2D eigenvalue weighted by atomic mass is 16.3. The van der Waals surface area contributed by atoms with E-state index in [0.717, 1.165) is 17.7 Å². The molecule has 1 aliphatic heterocycles. The van der Waals surface area contributed by atoms with E-state index in [1.54, 1.807) is 0 Å². The molecular formula is C13H21NO. The lowest BCUT2D eigenvalue weighted by molar-refractivity contribution is 0.400. The largest absolute Gasteiger partial charge is 0.511 e. The van der Waals surface area contributed by atoms with Gasteiger partial charge in [-0.3, -0.25) is 4.99 Å². The number of aliphatic imine (C=N–C) groups is 1. The minimum atomic E-state index is 0.440. The van der Waals surface area contributed by atoms with Gasteiger partial charge in [-0.25, -0.2) is 0 Å². The van der Waals surface area contributed by atoms with E-state index in [9.17, 15) is 5.11 Å². The second-order valence-corrected chi connectivity index (χ2v) is 2.60. The number of aliphatic hydroxyl groups is 1. The molecule has 0 aromatic carbocycles. The molecule has 2 rings (SSSR count). The molecule has 1 aliphatic carbocycles. The molecule has 0 aromatic rings. The molecule has 0 bridgehead atoms. The van der Waals surface area contributed by atoms with Crippen molar-refractivity contribution in [1.82, 2.24) is 0 Å². The molecule has 2 heteroatoms. The van der Waals surface area contributed by atoms with Gasteiger partial charge in [-0.15, -0.1) is 0 Å². The lowest BCUT2D eigenvalue weighted by Crippen LogP contribution is -1.83. The van der Waals surface area contributed by atoms with Crippen LogP contribution in [-0.4, -0.2) is 11.3 Å². The summed E-state index contributed by atoms with van der Waals surface area (Å²) < 4.78 is 0. The molecule has 2 nitrogen and oxygen atoms in total. The number of allylic oxidation sites excluding steroid dienone is 3. The van der Waals surface area contributed by atoms with Gasteiger partial charge in [-0.05, 0) is 0 Å². The summed E-state index contributed by atoms with van der Waals surface area (Å²) in [4.78, 5) is 4.14. The standard InChI is InChI=1S/C9H9NO.2C2H6/c11-9-5-1-3-7(9)8-4-2-6-10-8;2*1-2/h1,3-4,6,11H,2,5H2;2*1-2H3. The van der Waals surface area contributed by atoms with Crippen LogP contribution in [0.4, 0.5) is 0 Å². The molecule has 15 heavy (non-hydrogen) atoms. The highest BCUT2D eigenvalue weighted by Crippen LogP contribution is 2.25. The van der Waals surface area contributed by atoms with Crippen LogP contribution in [0.5, 0.6) is 0 Å². The zero-order valence-corrected chi connectivity index (χ0v) is 10.1. The quantitative estimate of drug-likeness (QED) is 0.687. The number of hydrogen-bond acceptors (Lipinski definition) is 2. The number of aliphatic hydroxyl groups excluding tert-OH is 1. The maximum atomic E-state index is 9.35. The third-order valence-electron chi connectivity index (χ3n) is 1.83. The Morgan fingerprint density at radius 1 is 1.20 bits per heavy atom. The van der Waals surface area contributed by atoms with Gasteiger partial charge in [-0.2, -0.15) is 0 Å². The van der Waals surface area contributed by atoms with Crippen LogP contribution in [0.15, 0.2) is 40.2 Å². The Kier molecular flexibility index (Phi) is 7.33. The molecule has 0 saturated heterocycles. The minimum absolute atomic E-state index is 0.440. The lowest BCUT2D eigenvalue weighted by atomic mass is 10.2. The average Bonchev–Trinajstić information content (AvgIpc) is 2.94. The van der Waals surface area contributed by atoms with Crippen LogP contribution in [0, 0.1) is 0 Å². The monoisotopic (exact) mass is 207 g/mol. The van der Waals surface area contributed by atoms with Gasteiger partial charge in [0, 0.05) is 24.6 Å². The van der Waals surface area contributed by atoms with E-state index in [0.29, 0.717) is 12.2 Å². The molecule has 0 amide bonds. The van der Waals surface area contributed by atoms with Gasteiger partial charge in [0.15, 0.2) is 0 Å². The number of rotatable bonds is 1. The van der Waals surface area contributed by atoms with E-state index in [1.165, 1.54) is 0 Å². The predicted molar refractivity (Wildman–Crippen MR) is 67.3 cm³/mol. The first-order valence-electron chi connectivity index (χ1n) is 5.69. The van der Waals surface area contributed by atoms with Crippen molar-refractivity contribution in [3.05, 3.63) is 35.3 Å². The SMILES string of the molecule is CC.CC.OC1=C(C2=CCC=N2)C=CC1. The molecule has 0 aromatic heterocycles. The Morgan fingerprint density at radius 3 is 2.27 bits per heavy atom. The number of hydrogen-bond donors (Lipinski definition) is 1. The van der Waals surface area contributed by atoms with Crippen molar-refractivity contribution in [3.63, 3.8) is 0 Å². The Hall–Kier alpha value is -1.31. The predicted octanol–water partition coefficient (Wildman–Crippen LogP) is 4.17. The third-order valence-corrected chi connectivity index (χ3v) is 1.83. The Bertz CT molecular complexity index is 296. The van der Waals surface area contributed by atoms with Crippen LogP contribution in [-0.2, 0) is 0 Å². The zero-order chi connectivity index (χ0) is 11.7. The third kappa shape index (κ3) is 3.74. The fourth-order valence-corrected chi connectivity index (χ4v) is 1.28. The molecule has 0 fully saturated rings. The van der Waals surface area contributed by atoms with Gasteiger partial charge in [0.05, 0.1) is 5.70 Å². The summed E-state index contributed by atoms with van der Waals surface area (Å²) in [7, 11) is 0. The number of nitrogens with zero attached hydrogens (tertiary/aromatic N) is 1. The zero-order valence-electron chi connectivity index (χ0n) is 10.1. The molecule has 1 heterocycles. The topological polar surface area (TPSA) is 32.6 Å². The fraction of sp³-hybridized carbons (Fsp3) is 0.462. The Labute approximate surface area is 92.7 Å². The summed E-state index contributed by atoms with van der Waals surface area (Å²) in [6.07, 6.45) is 9.27. The van der Waals surface area contributed by atoms with E-state index >= 15 is 0 Å². The average molecular weight is 207 g/mol. The molecule has 0 spiro atoms. The maximum Gasteiger partial charge on any atom is 0.105 e. The fourth-order valence-electron chi connectivity index (χ4n) is 1.28. The van der Waals surface area contributed by atoms with E-state index in [2.05, 4.69) is 4.99 Å². The lowest BCUT2D eigenvalue weighted by Gasteiger charge is -1.97. The van der Waals surface area contributed by atoms with Crippen molar-refractivity contribution in [2.75, 3.05) is 0 Å². The van der Waals surface area contributed by atoms with Gasteiger partial charge in [0.25, 0.3) is 0 Å². The van der Waals surface area contributed by atoms with Gasteiger partial charge < -0.3 is 5.11 Å². The summed E-state index contributed by atoms with van der Waals surface area (Å²) >= 11 is 0. The highest BCUT2D eigenvalue weighted by Gasteiger charge is 2.12. The molecule has 84 valence electrons. The van der Waals surface area contributed by atoms with Crippen molar-refractivity contribution in [2.45, 2.75) is 40.5 Å². The minimum Gasteiger partial charge on any atom is -0.511 e. The Morgan fingerprint density at radius 2 is 1.87 bits per heavy atom. The van der Waals surface area contributed by atoms with Crippen LogP contribution in [0.2, 0.25) is 0 Å². The first-order valence-corrected chi connectivity index (χ1v) is 5.69. The second kappa shape index (κ2) is 8.04. The van der Waals surface area contributed by atoms with Crippen molar-refractivity contribution in [3.8, 4) is 0 Å². The first kappa shape index (κ1) is 13.7. The van der Waals surface area contributed by atoms with E-state index in [4.69, 9.17) is 0 Å². The van der Waals surface area contributed by atoms with Crippen LogP contribution in [0.1, 0.15) is 40.5 Å². The maximum absolute atomic E-state index is 9.35. The van der Waals surface area contributed by atoms with Crippen molar-refractivity contribution in [2.24, 2.45) is 4.99 Å². The normalized spacial score (nSPS) is 16.7. The smallest absolute Gasteiger partial charge is 0.105 e. The van der Waals surface area contributed by atoms with Gasteiger partial charge in [0.2, 0.25) is 0 Å². The van der Waals surface area contributed by atoms with E-state index in [1.807, 2.05) is 52.1 Å². The van der Waals surface area contributed by atoms with Crippen LogP contribution >= 0.6 is 0 Å². The van der Waals surface area contributed by atoms with Gasteiger partial charge in [0.1, 0.15) is 5.76 Å². The molecular weight excluding hydrogens is 186 g/mol. The van der Waals surface area contributed by atoms with Crippen LogP contribution < -0.4 is 0 Å². The first-order chi connectivity index (χ1) is 7.38. The van der Waals surface area contributed by atoms with Gasteiger partial charge >= 0.3 is 0 Å². The summed E-state index contributed by atoms with van der Waals surface area (Å²) in [6, 6.07) is 0.